The third-order valence-corrected chi connectivity index (χ3v) is 7.75. The molecule has 3 atom stereocenters. The average Bonchev–Trinajstić information content (AvgIpc) is 2.66. The van der Waals surface area contributed by atoms with E-state index in [1.807, 2.05) is 0 Å². The summed E-state index contributed by atoms with van der Waals surface area (Å²) in [4.78, 5) is 12.9. The van der Waals surface area contributed by atoms with Crippen LogP contribution in [0, 0.1) is 11.8 Å². The summed E-state index contributed by atoms with van der Waals surface area (Å²) in [5, 5.41) is 3.18. The van der Waals surface area contributed by atoms with Crippen LogP contribution in [0.5, 0.6) is 0 Å². The molecule has 2 aliphatic rings. The molecule has 1 N–H and O–H groups in total. The van der Waals surface area contributed by atoms with Gasteiger partial charge in [-0.15, -0.1) is 0 Å². The van der Waals surface area contributed by atoms with E-state index in [2.05, 4.69) is 19.2 Å². The van der Waals surface area contributed by atoms with E-state index in [4.69, 9.17) is 0 Å². The minimum atomic E-state index is -3.50. The second-order valence-electron chi connectivity index (χ2n) is 7.50. The number of nitrogens with one attached hydrogen (secondary N) is 1. The summed E-state index contributed by atoms with van der Waals surface area (Å²) in [6, 6.07) is 8.67. The quantitative estimate of drug-likeness (QED) is 0.879. The zero-order chi connectivity index (χ0) is 18.7. The van der Waals surface area contributed by atoms with Gasteiger partial charge >= 0.3 is 0 Å². The van der Waals surface area contributed by atoms with Crippen LogP contribution in [0.3, 0.4) is 0 Å². The van der Waals surface area contributed by atoms with Gasteiger partial charge in [0.15, 0.2) is 0 Å². The van der Waals surface area contributed by atoms with Gasteiger partial charge in [0.25, 0.3) is 0 Å². The normalized spacial score (nSPS) is 27.6. The summed E-state index contributed by atoms with van der Waals surface area (Å²) in [6.07, 6.45) is 5.62. The van der Waals surface area contributed by atoms with Gasteiger partial charge in [-0.1, -0.05) is 51.0 Å². The maximum absolute atomic E-state index is 12.7. The third-order valence-electron chi connectivity index (χ3n) is 5.87. The lowest BCUT2D eigenvalue weighted by molar-refractivity contribution is -0.119. The van der Waals surface area contributed by atoms with Crippen molar-refractivity contribution < 1.29 is 13.2 Å². The van der Waals surface area contributed by atoms with Crippen molar-refractivity contribution in [3.05, 3.63) is 42.0 Å². The molecule has 3 unspecified atom stereocenters. The summed E-state index contributed by atoms with van der Waals surface area (Å²) in [5.41, 5.74) is 0.704. The van der Waals surface area contributed by atoms with Crippen LogP contribution in [0.25, 0.3) is 0 Å². The summed E-state index contributed by atoms with van der Waals surface area (Å²) in [5.74, 6) is 1.07. The number of hydrogen-bond donors (Lipinski definition) is 1. The molecule has 1 aromatic rings. The fourth-order valence-electron chi connectivity index (χ4n) is 3.86. The van der Waals surface area contributed by atoms with Gasteiger partial charge < -0.3 is 5.32 Å². The van der Waals surface area contributed by atoms with E-state index in [0.717, 1.165) is 12.8 Å². The number of carbonyl (C=O) groups is 1. The lowest BCUT2D eigenvalue weighted by Gasteiger charge is -2.35. The van der Waals surface area contributed by atoms with E-state index in [1.54, 1.807) is 36.4 Å². The van der Waals surface area contributed by atoms with E-state index in [0.29, 0.717) is 35.3 Å². The van der Waals surface area contributed by atoms with Crippen molar-refractivity contribution in [1.82, 2.24) is 9.62 Å². The van der Waals surface area contributed by atoms with Crippen LogP contribution >= 0.6 is 0 Å². The smallest absolute Gasteiger partial charge is 0.247 e. The fraction of sp³-hybridized carbons (Fsp3) is 0.550. The highest BCUT2D eigenvalue weighted by Crippen LogP contribution is 2.30. The van der Waals surface area contributed by atoms with Crippen LogP contribution in [0.4, 0.5) is 0 Å². The number of amides is 1. The molecule has 0 bridgehead atoms. The predicted molar refractivity (Wildman–Crippen MR) is 102 cm³/mol. The Morgan fingerprint density at radius 1 is 1.15 bits per heavy atom. The zero-order valence-electron chi connectivity index (χ0n) is 15.5. The van der Waals surface area contributed by atoms with Crippen LogP contribution in [0.15, 0.2) is 46.9 Å². The first-order chi connectivity index (χ1) is 12.4. The maximum Gasteiger partial charge on any atom is 0.247 e. The molecule has 1 saturated carbocycles. The van der Waals surface area contributed by atoms with Crippen molar-refractivity contribution in [3.8, 4) is 0 Å². The average molecular weight is 377 g/mol. The molecule has 0 spiro atoms. The third kappa shape index (κ3) is 4.01. The Balaban J connectivity index is 1.63. The van der Waals surface area contributed by atoms with E-state index in [1.165, 1.54) is 10.7 Å². The molecule has 6 heteroatoms. The molecule has 1 heterocycles. The Bertz CT molecular complexity index is 774. The molecule has 1 aromatic carbocycles. The van der Waals surface area contributed by atoms with Crippen molar-refractivity contribution >= 4 is 15.9 Å². The molecule has 142 valence electrons. The van der Waals surface area contributed by atoms with Crippen molar-refractivity contribution in [2.24, 2.45) is 11.8 Å². The Kier molecular flexibility index (Phi) is 5.82. The van der Waals surface area contributed by atoms with Crippen LogP contribution in [0.1, 0.15) is 39.5 Å². The monoisotopic (exact) mass is 376 g/mol. The van der Waals surface area contributed by atoms with Gasteiger partial charge in [-0.05, 0) is 36.8 Å². The van der Waals surface area contributed by atoms with Gasteiger partial charge in [0.2, 0.25) is 15.9 Å². The molecule has 0 aromatic heterocycles. The largest absolute Gasteiger partial charge is 0.349 e. The number of benzene rings is 1. The Labute approximate surface area is 156 Å². The Morgan fingerprint density at radius 3 is 2.54 bits per heavy atom. The molecule has 0 radical (unpaired) electrons. The molecule has 5 nitrogen and oxygen atoms in total. The first kappa shape index (κ1) is 19.1. The van der Waals surface area contributed by atoms with Crippen LogP contribution in [0.2, 0.25) is 0 Å². The van der Waals surface area contributed by atoms with Gasteiger partial charge in [-0.25, -0.2) is 8.42 Å². The number of rotatable bonds is 4. The summed E-state index contributed by atoms with van der Waals surface area (Å²) < 4.78 is 26.7. The highest BCUT2D eigenvalue weighted by molar-refractivity contribution is 7.89. The van der Waals surface area contributed by atoms with Crippen molar-refractivity contribution in [3.63, 3.8) is 0 Å². The van der Waals surface area contributed by atoms with E-state index >= 15 is 0 Å². The van der Waals surface area contributed by atoms with Gasteiger partial charge in [-0.2, -0.15) is 4.31 Å². The van der Waals surface area contributed by atoms with Gasteiger partial charge in [0.05, 0.1) is 4.90 Å². The Morgan fingerprint density at radius 2 is 1.88 bits per heavy atom. The lowest BCUT2D eigenvalue weighted by atomic mass is 9.78. The zero-order valence-corrected chi connectivity index (χ0v) is 16.3. The number of sulfonamides is 1. The summed E-state index contributed by atoms with van der Waals surface area (Å²) in [6.45, 7) is 5.04. The SMILES string of the molecule is CC1CCCC(NC(=O)C2=CCN(S(=O)(=O)c3ccccc3)CC2)C1C. The van der Waals surface area contributed by atoms with Crippen LogP contribution < -0.4 is 5.32 Å². The number of nitrogens with zero attached hydrogens (tertiary/aromatic N) is 1. The van der Waals surface area contributed by atoms with E-state index in [-0.39, 0.29) is 18.5 Å². The van der Waals surface area contributed by atoms with Crippen LogP contribution in [-0.2, 0) is 14.8 Å². The molecular weight excluding hydrogens is 348 g/mol. The highest BCUT2D eigenvalue weighted by atomic mass is 32.2. The van der Waals surface area contributed by atoms with Crippen molar-refractivity contribution in [2.45, 2.75) is 50.5 Å². The predicted octanol–water partition coefficient (Wildman–Crippen LogP) is 2.95. The fourth-order valence-corrected chi connectivity index (χ4v) is 5.27. The molecule has 26 heavy (non-hydrogen) atoms. The second kappa shape index (κ2) is 7.92. The second-order valence-corrected chi connectivity index (χ2v) is 9.44. The Hall–Kier alpha value is -1.66. The van der Waals surface area contributed by atoms with Gasteiger partial charge in [-0.3, -0.25) is 4.79 Å². The molecule has 1 aliphatic heterocycles. The molecule has 3 rings (SSSR count). The number of hydrogen-bond acceptors (Lipinski definition) is 3. The minimum absolute atomic E-state index is 0.0345. The molecule has 1 amide bonds. The van der Waals surface area contributed by atoms with Crippen molar-refractivity contribution in [2.75, 3.05) is 13.1 Å². The highest BCUT2D eigenvalue weighted by Gasteiger charge is 2.31. The van der Waals surface area contributed by atoms with Crippen LogP contribution in [-0.4, -0.2) is 37.8 Å². The molecule has 1 aliphatic carbocycles. The summed E-state index contributed by atoms with van der Waals surface area (Å²) >= 11 is 0. The standard InChI is InChI=1S/C20H28N2O3S/c1-15-7-6-10-19(16(15)2)21-20(23)17-11-13-22(14-12-17)26(24,25)18-8-4-3-5-9-18/h3-5,8-9,11,15-16,19H,6-7,10,12-14H2,1-2H3,(H,21,23). The lowest BCUT2D eigenvalue weighted by Crippen LogP contribution is -2.45. The van der Waals surface area contributed by atoms with Crippen molar-refractivity contribution in [1.29, 1.82) is 0 Å². The first-order valence-corrected chi connectivity index (χ1v) is 10.9. The van der Waals surface area contributed by atoms with E-state index < -0.39 is 10.0 Å². The molecular formula is C20H28N2O3S. The number of carbonyl (C=O) groups excluding carboxylic acids is 1. The first-order valence-electron chi connectivity index (χ1n) is 9.44. The minimum Gasteiger partial charge on any atom is -0.349 e. The summed E-state index contributed by atoms with van der Waals surface area (Å²) in [7, 11) is -3.50. The van der Waals surface area contributed by atoms with Gasteiger partial charge in [0, 0.05) is 24.7 Å². The van der Waals surface area contributed by atoms with Gasteiger partial charge in [0.1, 0.15) is 0 Å². The maximum atomic E-state index is 12.7. The molecule has 0 saturated heterocycles. The molecule has 1 fully saturated rings. The van der Waals surface area contributed by atoms with E-state index in [9.17, 15) is 13.2 Å². The topological polar surface area (TPSA) is 66.5 Å².